The molecule has 0 atom stereocenters. The van der Waals surface area contributed by atoms with Crippen LogP contribution in [-0.4, -0.2) is 10.9 Å². The highest BCUT2D eigenvalue weighted by molar-refractivity contribution is 6.32. The maximum absolute atomic E-state index is 11.8. The third-order valence-corrected chi connectivity index (χ3v) is 3.16. The van der Waals surface area contributed by atoms with Gasteiger partial charge in [0.05, 0.1) is 16.4 Å². The van der Waals surface area contributed by atoms with Crippen molar-refractivity contribution in [1.29, 1.82) is 0 Å². The quantitative estimate of drug-likeness (QED) is 0.368. The molecular weight excluding hydrogens is 317 g/mol. The summed E-state index contributed by atoms with van der Waals surface area (Å²) in [5.41, 5.74) is 0.569. The minimum Gasteiger partial charge on any atom is -0.425 e. The van der Waals surface area contributed by atoms with E-state index in [-0.39, 0.29) is 22.9 Å². The molecule has 2 aromatic carbocycles. The number of ether oxygens (including phenoxy) is 1. The Hall–Kier alpha value is -2.11. The molecule has 5 nitrogen and oxygen atoms in total. The fourth-order valence-corrected chi connectivity index (χ4v) is 1.95. The molecule has 0 radical (unpaired) electrons. The Labute approximate surface area is 130 Å². The highest BCUT2D eigenvalue weighted by Gasteiger charge is 2.13. The van der Waals surface area contributed by atoms with Gasteiger partial charge >= 0.3 is 5.97 Å². The van der Waals surface area contributed by atoms with Gasteiger partial charge in [0.25, 0.3) is 5.69 Å². The second kappa shape index (κ2) is 6.56. The van der Waals surface area contributed by atoms with Gasteiger partial charge in [-0.1, -0.05) is 35.3 Å². The smallest absolute Gasteiger partial charge is 0.315 e. The Morgan fingerprint density at radius 3 is 2.38 bits per heavy atom. The van der Waals surface area contributed by atoms with Crippen molar-refractivity contribution in [3.8, 4) is 5.75 Å². The molecule has 0 heterocycles. The van der Waals surface area contributed by atoms with Crippen LogP contribution >= 0.6 is 23.2 Å². The third kappa shape index (κ3) is 4.18. The van der Waals surface area contributed by atoms with Crippen molar-refractivity contribution < 1.29 is 14.5 Å². The molecule has 0 fully saturated rings. The lowest BCUT2D eigenvalue weighted by Gasteiger charge is -2.06. The Balaban J connectivity index is 2.06. The molecule has 0 aromatic heterocycles. The average Bonchev–Trinajstić information content (AvgIpc) is 2.43. The molecule has 0 N–H and O–H groups in total. The number of carbonyl (C=O) groups excluding carboxylic acids is 1. The molecule has 0 bridgehead atoms. The molecule has 7 heteroatoms. The average molecular weight is 326 g/mol. The zero-order chi connectivity index (χ0) is 15.4. The van der Waals surface area contributed by atoms with Crippen LogP contribution in [0.25, 0.3) is 0 Å². The second-order valence-corrected chi connectivity index (χ2v) is 4.99. The molecule has 21 heavy (non-hydrogen) atoms. The van der Waals surface area contributed by atoms with Gasteiger partial charge in [0, 0.05) is 17.2 Å². The number of rotatable bonds is 4. The van der Waals surface area contributed by atoms with E-state index in [0.29, 0.717) is 5.02 Å². The SMILES string of the molecule is O=C(Cc1ccc(Cl)cc1)Oc1ccc([N+](=O)[O-])cc1Cl. The van der Waals surface area contributed by atoms with E-state index in [4.69, 9.17) is 27.9 Å². The first-order valence-corrected chi connectivity index (χ1v) is 6.60. The zero-order valence-corrected chi connectivity index (χ0v) is 12.1. The molecule has 0 saturated carbocycles. The zero-order valence-electron chi connectivity index (χ0n) is 10.6. The minimum atomic E-state index is -0.578. The summed E-state index contributed by atoms with van der Waals surface area (Å²) < 4.78 is 5.09. The summed E-state index contributed by atoms with van der Waals surface area (Å²) in [4.78, 5) is 21.8. The Morgan fingerprint density at radius 2 is 1.81 bits per heavy atom. The van der Waals surface area contributed by atoms with Gasteiger partial charge in [0.2, 0.25) is 0 Å². The molecule has 0 aliphatic carbocycles. The molecule has 0 saturated heterocycles. The van der Waals surface area contributed by atoms with Crippen molar-refractivity contribution in [2.75, 3.05) is 0 Å². The molecule has 0 spiro atoms. The van der Waals surface area contributed by atoms with Crippen molar-refractivity contribution in [1.82, 2.24) is 0 Å². The van der Waals surface area contributed by atoms with Gasteiger partial charge in [-0.25, -0.2) is 0 Å². The van der Waals surface area contributed by atoms with E-state index < -0.39 is 10.9 Å². The Morgan fingerprint density at radius 1 is 1.14 bits per heavy atom. The summed E-state index contributed by atoms with van der Waals surface area (Å²) in [7, 11) is 0. The number of nitro benzene ring substituents is 1. The van der Waals surface area contributed by atoms with Crippen LogP contribution < -0.4 is 4.74 Å². The van der Waals surface area contributed by atoms with Crippen LogP contribution in [0.4, 0.5) is 5.69 Å². The summed E-state index contributed by atoms with van der Waals surface area (Å²) in [5, 5.41) is 11.2. The minimum absolute atomic E-state index is 0.00801. The number of halogens is 2. The van der Waals surface area contributed by atoms with Crippen LogP contribution in [0.15, 0.2) is 42.5 Å². The highest BCUT2D eigenvalue weighted by Crippen LogP contribution is 2.28. The largest absolute Gasteiger partial charge is 0.425 e. The number of benzene rings is 2. The first-order chi connectivity index (χ1) is 9.95. The number of nitro groups is 1. The van der Waals surface area contributed by atoms with Crippen LogP contribution in [-0.2, 0) is 11.2 Å². The van der Waals surface area contributed by atoms with Gasteiger partial charge in [0.1, 0.15) is 5.75 Å². The lowest BCUT2D eigenvalue weighted by atomic mass is 10.1. The van der Waals surface area contributed by atoms with E-state index in [1.807, 2.05) is 0 Å². The van der Waals surface area contributed by atoms with E-state index in [9.17, 15) is 14.9 Å². The summed E-state index contributed by atoms with van der Waals surface area (Å²) >= 11 is 11.6. The van der Waals surface area contributed by atoms with E-state index in [1.54, 1.807) is 24.3 Å². The van der Waals surface area contributed by atoms with Crippen LogP contribution in [0.3, 0.4) is 0 Å². The van der Waals surface area contributed by atoms with Gasteiger partial charge in [-0.15, -0.1) is 0 Å². The maximum atomic E-state index is 11.8. The number of non-ortho nitro benzene ring substituents is 1. The van der Waals surface area contributed by atoms with Gasteiger partial charge in [0.15, 0.2) is 0 Å². The number of hydrogen-bond acceptors (Lipinski definition) is 4. The van der Waals surface area contributed by atoms with Crippen LogP contribution in [0.1, 0.15) is 5.56 Å². The number of carbonyl (C=O) groups is 1. The number of nitrogens with zero attached hydrogens (tertiary/aromatic N) is 1. The fraction of sp³-hybridized carbons (Fsp3) is 0.0714. The lowest BCUT2D eigenvalue weighted by molar-refractivity contribution is -0.384. The number of esters is 1. The van der Waals surface area contributed by atoms with Gasteiger partial charge < -0.3 is 4.74 Å². The predicted octanol–water partition coefficient (Wildman–Crippen LogP) is 4.05. The molecule has 0 amide bonds. The first-order valence-electron chi connectivity index (χ1n) is 5.85. The predicted molar refractivity (Wildman–Crippen MR) is 78.9 cm³/mol. The molecule has 2 rings (SSSR count). The molecule has 0 aliphatic rings. The third-order valence-electron chi connectivity index (χ3n) is 2.61. The van der Waals surface area contributed by atoms with E-state index in [2.05, 4.69) is 0 Å². The monoisotopic (exact) mass is 325 g/mol. The molecular formula is C14H9Cl2NO4. The van der Waals surface area contributed by atoms with Crippen molar-refractivity contribution in [3.63, 3.8) is 0 Å². The fourth-order valence-electron chi connectivity index (χ4n) is 1.61. The van der Waals surface area contributed by atoms with Crippen LogP contribution in [0, 0.1) is 10.1 Å². The van der Waals surface area contributed by atoms with Gasteiger partial charge in [-0.3, -0.25) is 14.9 Å². The van der Waals surface area contributed by atoms with E-state index in [1.165, 1.54) is 12.1 Å². The number of hydrogen-bond donors (Lipinski definition) is 0. The van der Waals surface area contributed by atoms with Crippen molar-refractivity contribution in [2.45, 2.75) is 6.42 Å². The van der Waals surface area contributed by atoms with E-state index in [0.717, 1.165) is 11.6 Å². The van der Waals surface area contributed by atoms with Crippen molar-refractivity contribution >= 4 is 34.9 Å². The van der Waals surface area contributed by atoms with Gasteiger partial charge in [-0.2, -0.15) is 0 Å². The Kier molecular flexibility index (Phi) is 4.77. The first kappa shape index (κ1) is 15.3. The summed E-state index contributed by atoms with van der Waals surface area (Å²) in [6.07, 6.45) is 0.0461. The van der Waals surface area contributed by atoms with Gasteiger partial charge in [-0.05, 0) is 23.8 Å². The van der Waals surface area contributed by atoms with E-state index >= 15 is 0 Å². The van der Waals surface area contributed by atoms with Crippen molar-refractivity contribution in [2.24, 2.45) is 0 Å². The molecule has 0 aliphatic heterocycles. The normalized spacial score (nSPS) is 10.2. The summed E-state index contributed by atoms with van der Waals surface area (Å²) in [6, 6.07) is 10.4. The topological polar surface area (TPSA) is 69.4 Å². The molecule has 2 aromatic rings. The lowest BCUT2D eigenvalue weighted by Crippen LogP contribution is -2.11. The summed E-state index contributed by atoms with van der Waals surface area (Å²) in [6.45, 7) is 0. The summed E-state index contributed by atoms with van der Waals surface area (Å²) in [5.74, 6) is -0.436. The molecule has 0 unspecified atom stereocenters. The standard InChI is InChI=1S/C14H9Cl2NO4/c15-10-3-1-9(2-4-10)7-14(18)21-13-6-5-11(17(19)20)8-12(13)16/h1-6,8H,7H2. The van der Waals surface area contributed by atoms with Crippen LogP contribution in [0.2, 0.25) is 10.0 Å². The maximum Gasteiger partial charge on any atom is 0.315 e. The second-order valence-electron chi connectivity index (χ2n) is 4.15. The Bertz CT molecular complexity index is 686. The van der Waals surface area contributed by atoms with Crippen LogP contribution in [0.5, 0.6) is 5.75 Å². The molecule has 108 valence electrons. The highest BCUT2D eigenvalue weighted by atomic mass is 35.5. The van der Waals surface area contributed by atoms with Crippen molar-refractivity contribution in [3.05, 3.63) is 68.2 Å².